The highest BCUT2D eigenvalue weighted by atomic mass is 19.1. The largest absolute Gasteiger partial charge is 0.505 e. The first kappa shape index (κ1) is 19.0. The Balaban J connectivity index is 1.79. The summed E-state index contributed by atoms with van der Waals surface area (Å²) in [7, 11) is 1.68. The fourth-order valence-corrected chi connectivity index (χ4v) is 2.97. The highest BCUT2D eigenvalue weighted by Gasteiger charge is 2.27. The van der Waals surface area contributed by atoms with Gasteiger partial charge >= 0.3 is 5.97 Å². The summed E-state index contributed by atoms with van der Waals surface area (Å²) in [6, 6.07) is 4.52. The number of esters is 1. The fourth-order valence-electron chi connectivity index (χ4n) is 2.97. The summed E-state index contributed by atoms with van der Waals surface area (Å²) in [6.45, 7) is 2.64. The fraction of sp³-hybridized carbons (Fsp3) is 0.556. The molecule has 0 amide bonds. The van der Waals surface area contributed by atoms with E-state index in [1.165, 1.54) is 12.1 Å². The Morgan fingerprint density at radius 1 is 1.36 bits per heavy atom. The molecule has 1 aliphatic carbocycles. The average Bonchev–Trinajstić information content (AvgIpc) is 2.62. The Morgan fingerprint density at radius 3 is 2.68 bits per heavy atom. The number of phenols is 1. The number of guanidine groups is 1. The zero-order valence-corrected chi connectivity index (χ0v) is 14.7. The van der Waals surface area contributed by atoms with Crippen molar-refractivity contribution >= 4 is 11.9 Å². The highest BCUT2D eigenvalue weighted by Crippen LogP contribution is 2.25. The van der Waals surface area contributed by atoms with Crippen molar-refractivity contribution in [2.24, 2.45) is 10.9 Å². The van der Waals surface area contributed by atoms with Crippen LogP contribution in [0.1, 0.15) is 38.2 Å². The number of rotatable bonds is 5. The second kappa shape index (κ2) is 9.25. The number of nitrogens with zero attached hydrogens (tertiary/aromatic N) is 1. The molecule has 2 rings (SSSR count). The van der Waals surface area contributed by atoms with Gasteiger partial charge in [0.1, 0.15) is 0 Å². The van der Waals surface area contributed by atoms with E-state index in [1.54, 1.807) is 13.1 Å². The lowest BCUT2D eigenvalue weighted by molar-refractivity contribution is -0.149. The van der Waals surface area contributed by atoms with Crippen LogP contribution in [0.15, 0.2) is 23.2 Å². The van der Waals surface area contributed by atoms with Crippen molar-refractivity contribution in [3.05, 3.63) is 29.6 Å². The molecule has 0 saturated heterocycles. The van der Waals surface area contributed by atoms with E-state index < -0.39 is 5.82 Å². The Hall–Kier alpha value is -2.31. The van der Waals surface area contributed by atoms with Crippen molar-refractivity contribution in [3.8, 4) is 5.75 Å². The van der Waals surface area contributed by atoms with E-state index in [9.17, 15) is 14.3 Å². The van der Waals surface area contributed by atoms with E-state index in [4.69, 9.17) is 4.74 Å². The van der Waals surface area contributed by atoms with Gasteiger partial charge in [0.25, 0.3) is 0 Å². The molecule has 0 bridgehead atoms. The number of ether oxygens (including phenoxy) is 1. The lowest BCUT2D eigenvalue weighted by atomic mass is 9.86. The molecule has 1 aromatic carbocycles. The van der Waals surface area contributed by atoms with E-state index in [0.29, 0.717) is 24.7 Å². The number of aliphatic imine (C=N–C) groups is 1. The predicted molar refractivity (Wildman–Crippen MR) is 93.8 cm³/mol. The lowest BCUT2D eigenvalue weighted by Crippen LogP contribution is -2.45. The average molecular weight is 351 g/mol. The molecule has 1 aliphatic rings. The maximum Gasteiger partial charge on any atom is 0.308 e. The minimum atomic E-state index is -0.639. The number of phenolic OH excluding ortho intramolecular Hbond substituents is 1. The van der Waals surface area contributed by atoms with Crippen molar-refractivity contribution < 1.29 is 19.0 Å². The van der Waals surface area contributed by atoms with Crippen molar-refractivity contribution in [2.45, 2.75) is 45.2 Å². The number of nitrogens with one attached hydrogen (secondary N) is 2. The molecule has 0 radical (unpaired) electrons. The second-order valence-electron chi connectivity index (χ2n) is 6.16. The number of hydrogen-bond acceptors (Lipinski definition) is 4. The van der Waals surface area contributed by atoms with Crippen LogP contribution in [0.25, 0.3) is 0 Å². The Morgan fingerprint density at radius 2 is 2.08 bits per heavy atom. The molecule has 0 heterocycles. The van der Waals surface area contributed by atoms with Crippen molar-refractivity contribution in [1.82, 2.24) is 10.6 Å². The van der Waals surface area contributed by atoms with E-state index in [0.717, 1.165) is 25.7 Å². The quantitative estimate of drug-likeness (QED) is 0.431. The summed E-state index contributed by atoms with van der Waals surface area (Å²) in [4.78, 5) is 15.9. The van der Waals surface area contributed by atoms with Crippen LogP contribution in [0.2, 0.25) is 0 Å². The van der Waals surface area contributed by atoms with Crippen LogP contribution in [0.5, 0.6) is 5.75 Å². The molecular weight excluding hydrogens is 325 g/mol. The van der Waals surface area contributed by atoms with Gasteiger partial charge in [-0.05, 0) is 50.3 Å². The van der Waals surface area contributed by atoms with Crippen LogP contribution in [-0.2, 0) is 16.1 Å². The Labute approximate surface area is 147 Å². The van der Waals surface area contributed by atoms with Crippen LogP contribution >= 0.6 is 0 Å². The molecule has 6 nitrogen and oxygen atoms in total. The number of aromatic hydroxyl groups is 1. The molecule has 3 N–H and O–H groups in total. The van der Waals surface area contributed by atoms with E-state index in [-0.39, 0.29) is 23.7 Å². The van der Waals surface area contributed by atoms with Gasteiger partial charge in [0, 0.05) is 19.6 Å². The van der Waals surface area contributed by atoms with E-state index in [1.807, 2.05) is 6.92 Å². The molecule has 1 saturated carbocycles. The molecule has 7 heteroatoms. The minimum Gasteiger partial charge on any atom is -0.505 e. The molecule has 1 fully saturated rings. The molecule has 25 heavy (non-hydrogen) atoms. The van der Waals surface area contributed by atoms with Crippen molar-refractivity contribution in [3.63, 3.8) is 0 Å². The number of hydrogen-bond donors (Lipinski definition) is 3. The van der Waals surface area contributed by atoms with Crippen LogP contribution in [-0.4, -0.2) is 36.7 Å². The number of halogens is 1. The van der Waals surface area contributed by atoms with Gasteiger partial charge in [-0.1, -0.05) is 6.07 Å². The molecule has 0 unspecified atom stereocenters. The first-order valence-electron chi connectivity index (χ1n) is 8.64. The highest BCUT2D eigenvalue weighted by molar-refractivity contribution is 5.80. The van der Waals surface area contributed by atoms with Gasteiger partial charge in [0.2, 0.25) is 0 Å². The normalized spacial score (nSPS) is 20.8. The summed E-state index contributed by atoms with van der Waals surface area (Å²) < 4.78 is 18.4. The molecule has 1 aromatic rings. The summed E-state index contributed by atoms with van der Waals surface area (Å²) in [5.74, 6) is -0.469. The zero-order chi connectivity index (χ0) is 18.2. The van der Waals surface area contributed by atoms with Gasteiger partial charge in [0.15, 0.2) is 17.5 Å². The zero-order valence-electron chi connectivity index (χ0n) is 14.7. The second-order valence-corrected chi connectivity index (χ2v) is 6.16. The Kier molecular flexibility index (Phi) is 7.03. The first-order valence-corrected chi connectivity index (χ1v) is 8.64. The predicted octanol–water partition coefficient (Wildman–Crippen LogP) is 2.32. The summed E-state index contributed by atoms with van der Waals surface area (Å²) in [6.07, 6.45) is 3.35. The number of carbonyl (C=O) groups is 1. The van der Waals surface area contributed by atoms with Crippen LogP contribution in [0, 0.1) is 11.7 Å². The van der Waals surface area contributed by atoms with Gasteiger partial charge in [-0.3, -0.25) is 9.79 Å². The van der Waals surface area contributed by atoms with Gasteiger partial charge in [-0.25, -0.2) is 4.39 Å². The van der Waals surface area contributed by atoms with Gasteiger partial charge in [-0.15, -0.1) is 0 Å². The number of benzene rings is 1. The summed E-state index contributed by atoms with van der Waals surface area (Å²) in [5, 5.41) is 15.7. The standard InChI is InChI=1S/C18H26FN3O3/c1-3-25-17(24)13-5-7-14(8-6-13)22-18(20-2)21-11-12-4-9-16(23)15(19)10-12/h4,9-10,13-14,23H,3,5-8,11H2,1-2H3,(H2,20,21,22). The molecule has 138 valence electrons. The Bertz CT molecular complexity index is 614. The van der Waals surface area contributed by atoms with E-state index >= 15 is 0 Å². The van der Waals surface area contributed by atoms with Crippen LogP contribution in [0.3, 0.4) is 0 Å². The van der Waals surface area contributed by atoms with Gasteiger partial charge in [-0.2, -0.15) is 0 Å². The third-order valence-electron chi connectivity index (χ3n) is 4.38. The molecule has 0 aliphatic heterocycles. The van der Waals surface area contributed by atoms with E-state index in [2.05, 4.69) is 15.6 Å². The molecular formula is C18H26FN3O3. The number of carbonyl (C=O) groups excluding carboxylic acids is 1. The van der Waals surface area contributed by atoms with Gasteiger partial charge < -0.3 is 20.5 Å². The molecule has 0 spiro atoms. The SMILES string of the molecule is CCOC(=O)C1CCC(NC(=NC)NCc2ccc(O)c(F)c2)CC1. The summed E-state index contributed by atoms with van der Waals surface area (Å²) >= 11 is 0. The molecule has 0 atom stereocenters. The first-order chi connectivity index (χ1) is 12.0. The topological polar surface area (TPSA) is 83.0 Å². The third-order valence-corrected chi connectivity index (χ3v) is 4.38. The minimum absolute atomic E-state index is 0.00653. The lowest BCUT2D eigenvalue weighted by Gasteiger charge is -2.29. The monoisotopic (exact) mass is 351 g/mol. The summed E-state index contributed by atoms with van der Waals surface area (Å²) in [5.41, 5.74) is 0.712. The van der Waals surface area contributed by atoms with Crippen LogP contribution in [0.4, 0.5) is 4.39 Å². The third kappa shape index (κ3) is 5.62. The smallest absolute Gasteiger partial charge is 0.308 e. The maximum absolute atomic E-state index is 13.4. The van der Waals surface area contributed by atoms with Crippen LogP contribution < -0.4 is 10.6 Å². The maximum atomic E-state index is 13.4. The van der Waals surface area contributed by atoms with Crippen molar-refractivity contribution in [1.29, 1.82) is 0 Å². The van der Waals surface area contributed by atoms with Gasteiger partial charge in [0.05, 0.1) is 12.5 Å². The van der Waals surface area contributed by atoms with Crippen molar-refractivity contribution in [2.75, 3.05) is 13.7 Å². The molecule has 0 aromatic heterocycles.